The molecule has 0 bridgehead atoms. The first-order chi connectivity index (χ1) is 17.4. The predicted octanol–water partition coefficient (Wildman–Crippen LogP) is 3.13. The van der Waals surface area contributed by atoms with Gasteiger partial charge in [-0.2, -0.15) is 5.10 Å². The van der Waals surface area contributed by atoms with Crippen molar-refractivity contribution in [1.29, 1.82) is 0 Å². The Hall–Kier alpha value is -2.19. The van der Waals surface area contributed by atoms with Gasteiger partial charge in [-0.05, 0) is 55.1 Å². The van der Waals surface area contributed by atoms with Gasteiger partial charge in [0.1, 0.15) is 5.82 Å². The SMILES string of the molecule is Cn1nc(C(=O)NC2CCN(CCN3CC4C(C3)C4(C)C)CC2)c2ccc(N3CCCCCC3)nc21. The Kier molecular flexibility index (Phi) is 6.44. The third kappa shape index (κ3) is 4.62. The van der Waals surface area contributed by atoms with Gasteiger partial charge in [-0.3, -0.25) is 4.79 Å². The molecule has 36 heavy (non-hydrogen) atoms. The van der Waals surface area contributed by atoms with Crippen molar-refractivity contribution >= 4 is 22.8 Å². The maximum atomic E-state index is 13.2. The second-order valence-corrected chi connectivity index (χ2v) is 12.3. The van der Waals surface area contributed by atoms with Gasteiger partial charge < -0.3 is 20.0 Å². The molecule has 5 heterocycles. The van der Waals surface area contributed by atoms with E-state index in [1.165, 1.54) is 45.3 Å². The first-order valence-corrected chi connectivity index (χ1v) is 14.2. The highest BCUT2D eigenvalue weighted by molar-refractivity contribution is 6.04. The van der Waals surface area contributed by atoms with E-state index in [0.717, 1.165) is 74.3 Å². The number of amides is 1. The highest BCUT2D eigenvalue weighted by Gasteiger charge is 2.61. The van der Waals surface area contributed by atoms with E-state index < -0.39 is 0 Å². The fourth-order valence-electron chi connectivity index (χ4n) is 7.00. The average Bonchev–Trinajstić information content (AvgIpc) is 3.09. The van der Waals surface area contributed by atoms with Crippen molar-refractivity contribution in [2.24, 2.45) is 24.3 Å². The molecule has 8 nitrogen and oxygen atoms in total. The van der Waals surface area contributed by atoms with Gasteiger partial charge in [0.2, 0.25) is 0 Å². The summed E-state index contributed by atoms with van der Waals surface area (Å²) in [6.45, 7) is 14.0. The van der Waals surface area contributed by atoms with Gasteiger partial charge in [-0.1, -0.05) is 26.7 Å². The van der Waals surface area contributed by atoms with Crippen LogP contribution in [0, 0.1) is 17.3 Å². The zero-order valence-corrected chi connectivity index (χ0v) is 22.4. The first kappa shape index (κ1) is 24.2. The van der Waals surface area contributed by atoms with Gasteiger partial charge in [0, 0.05) is 65.4 Å². The molecule has 196 valence electrons. The number of nitrogens with one attached hydrogen (secondary N) is 1. The van der Waals surface area contributed by atoms with Crippen molar-refractivity contribution in [2.45, 2.75) is 58.4 Å². The molecule has 1 saturated carbocycles. The minimum Gasteiger partial charge on any atom is -0.357 e. The fourth-order valence-corrected chi connectivity index (χ4v) is 7.00. The molecule has 3 saturated heterocycles. The summed E-state index contributed by atoms with van der Waals surface area (Å²) >= 11 is 0. The van der Waals surface area contributed by atoms with Crippen LogP contribution in [0.3, 0.4) is 0 Å². The summed E-state index contributed by atoms with van der Waals surface area (Å²) in [7, 11) is 1.89. The van der Waals surface area contributed by atoms with Crippen molar-refractivity contribution in [1.82, 2.24) is 29.9 Å². The second-order valence-electron chi connectivity index (χ2n) is 12.3. The molecule has 0 spiro atoms. The van der Waals surface area contributed by atoms with Crippen molar-refractivity contribution in [3.05, 3.63) is 17.8 Å². The number of rotatable bonds is 6. The molecule has 4 fully saturated rings. The van der Waals surface area contributed by atoms with Gasteiger partial charge >= 0.3 is 0 Å². The van der Waals surface area contributed by atoms with E-state index in [1.807, 2.05) is 13.1 Å². The molecule has 3 aliphatic heterocycles. The van der Waals surface area contributed by atoms with Gasteiger partial charge in [0.05, 0.1) is 5.39 Å². The normalized spacial score (nSPS) is 27.2. The van der Waals surface area contributed by atoms with Gasteiger partial charge in [-0.25, -0.2) is 9.67 Å². The van der Waals surface area contributed by atoms with E-state index in [4.69, 9.17) is 4.98 Å². The van der Waals surface area contributed by atoms with Gasteiger partial charge in [-0.15, -0.1) is 0 Å². The molecule has 1 amide bonds. The van der Waals surface area contributed by atoms with Crippen LogP contribution in [0.1, 0.15) is 62.9 Å². The Balaban J connectivity index is 1.01. The van der Waals surface area contributed by atoms with Crippen LogP contribution in [0.15, 0.2) is 12.1 Å². The molecule has 2 aromatic rings. The Bertz CT molecular complexity index is 1080. The molecule has 1 aliphatic carbocycles. The monoisotopic (exact) mass is 493 g/mol. The van der Waals surface area contributed by atoms with E-state index in [0.29, 0.717) is 11.1 Å². The largest absolute Gasteiger partial charge is 0.357 e. The highest BCUT2D eigenvalue weighted by atomic mass is 16.2. The average molecular weight is 494 g/mol. The zero-order chi connectivity index (χ0) is 24.9. The van der Waals surface area contributed by atoms with Gasteiger partial charge in [0.15, 0.2) is 11.3 Å². The molecule has 2 atom stereocenters. The van der Waals surface area contributed by atoms with Crippen LogP contribution < -0.4 is 10.2 Å². The number of fused-ring (bicyclic) bond motifs is 2. The van der Waals surface area contributed by atoms with Crippen LogP contribution in [0.5, 0.6) is 0 Å². The molecule has 1 N–H and O–H groups in total. The van der Waals surface area contributed by atoms with Crippen molar-refractivity contribution < 1.29 is 4.79 Å². The van der Waals surface area contributed by atoms with Crippen LogP contribution in [0.4, 0.5) is 5.82 Å². The molecule has 8 heteroatoms. The molecule has 2 aromatic heterocycles. The maximum Gasteiger partial charge on any atom is 0.272 e. The summed E-state index contributed by atoms with van der Waals surface area (Å²) < 4.78 is 1.76. The summed E-state index contributed by atoms with van der Waals surface area (Å²) in [6.07, 6.45) is 7.04. The molecule has 0 aromatic carbocycles. The maximum absolute atomic E-state index is 13.2. The number of pyridine rings is 1. The number of piperidine rings is 2. The predicted molar refractivity (Wildman–Crippen MR) is 143 cm³/mol. The first-order valence-electron chi connectivity index (χ1n) is 14.2. The Morgan fingerprint density at radius 2 is 1.64 bits per heavy atom. The zero-order valence-electron chi connectivity index (χ0n) is 22.4. The number of anilines is 1. The standard InChI is InChI=1S/C28H43N7O/c1-28(2)22-18-34(19-23(22)28)17-16-33-14-10-20(11-15-33)29-27(36)25-21-8-9-24(30-26(21)32(3)31-25)35-12-6-4-5-7-13-35/h8-9,20,22-23H,4-7,10-19H2,1-3H3,(H,29,36). The third-order valence-electron chi connectivity index (χ3n) is 9.67. The lowest BCUT2D eigenvalue weighted by Crippen LogP contribution is -2.46. The number of hydrogen-bond acceptors (Lipinski definition) is 6. The number of aromatic nitrogens is 3. The van der Waals surface area contributed by atoms with Crippen LogP contribution in [0.25, 0.3) is 11.0 Å². The van der Waals surface area contributed by atoms with Crippen LogP contribution in [0.2, 0.25) is 0 Å². The van der Waals surface area contributed by atoms with Crippen molar-refractivity contribution in [3.63, 3.8) is 0 Å². The molecule has 6 rings (SSSR count). The van der Waals surface area contributed by atoms with E-state index in [-0.39, 0.29) is 11.9 Å². The number of nitrogens with zero attached hydrogens (tertiary/aromatic N) is 6. The number of hydrogen-bond donors (Lipinski definition) is 1. The Morgan fingerprint density at radius 3 is 2.33 bits per heavy atom. The van der Waals surface area contributed by atoms with Crippen molar-refractivity contribution in [2.75, 3.05) is 57.3 Å². The fraction of sp³-hybridized carbons (Fsp3) is 0.750. The summed E-state index contributed by atoms with van der Waals surface area (Å²) in [6, 6.07) is 4.32. The van der Waals surface area contributed by atoms with Crippen LogP contribution in [-0.4, -0.2) is 88.9 Å². The number of carbonyl (C=O) groups excluding carboxylic acids is 1. The molecule has 4 aliphatic rings. The molecular weight excluding hydrogens is 450 g/mol. The lowest BCUT2D eigenvalue weighted by Gasteiger charge is -2.33. The lowest BCUT2D eigenvalue weighted by atomic mass is 10.0. The molecule has 2 unspecified atom stereocenters. The van der Waals surface area contributed by atoms with E-state index in [1.54, 1.807) is 4.68 Å². The highest BCUT2D eigenvalue weighted by Crippen LogP contribution is 2.61. The van der Waals surface area contributed by atoms with Crippen LogP contribution >= 0.6 is 0 Å². The molecule has 0 radical (unpaired) electrons. The number of aryl methyl sites for hydroxylation is 1. The lowest BCUT2D eigenvalue weighted by molar-refractivity contribution is 0.0902. The Morgan fingerprint density at radius 1 is 0.972 bits per heavy atom. The number of carbonyl (C=O) groups is 1. The minimum atomic E-state index is -0.0673. The minimum absolute atomic E-state index is 0.0673. The third-order valence-corrected chi connectivity index (χ3v) is 9.67. The Labute approximate surface area is 215 Å². The van der Waals surface area contributed by atoms with E-state index in [2.05, 4.69) is 45.0 Å². The second kappa shape index (κ2) is 9.60. The summed E-state index contributed by atoms with van der Waals surface area (Å²) in [5.41, 5.74) is 1.89. The summed E-state index contributed by atoms with van der Waals surface area (Å²) in [4.78, 5) is 25.7. The van der Waals surface area contributed by atoms with Gasteiger partial charge in [0.25, 0.3) is 5.91 Å². The topological polar surface area (TPSA) is 69.5 Å². The smallest absolute Gasteiger partial charge is 0.272 e. The molecular formula is C28H43N7O. The van der Waals surface area contributed by atoms with E-state index >= 15 is 0 Å². The van der Waals surface area contributed by atoms with E-state index in [9.17, 15) is 4.79 Å². The van der Waals surface area contributed by atoms with Crippen molar-refractivity contribution in [3.8, 4) is 0 Å². The summed E-state index contributed by atoms with van der Waals surface area (Å²) in [5.74, 6) is 2.79. The summed E-state index contributed by atoms with van der Waals surface area (Å²) in [5, 5.41) is 8.70. The van der Waals surface area contributed by atoms with Crippen LogP contribution in [-0.2, 0) is 7.05 Å². The number of likely N-dealkylation sites (tertiary alicyclic amines) is 2. The quantitative estimate of drug-likeness (QED) is 0.667.